The van der Waals surface area contributed by atoms with Crippen LogP contribution in [-0.2, 0) is 0 Å². The second kappa shape index (κ2) is 4.45. The van der Waals surface area contributed by atoms with Crippen LogP contribution in [0.2, 0.25) is 0 Å². The molecule has 1 aromatic carbocycles. The topological polar surface area (TPSA) is 26.0 Å². The summed E-state index contributed by atoms with van der Waals surface area (Å²) in [5.74, 6) is -0.232. The van der Waals surface area contributed by atoms with Gasteiger partial charge in [0.15, 0.2) is 0 Å². The monoisotopic (exact) mass is 269 g/mol. The number of halogens is 2. The van der Waals surface area contributed by atoms with Gasteiger partial charge in [0.1, 0.15) is 5.82 Å². The maximum absolute atomic E-state index is 13.6. The van der Waals surface area contributed by atoms with Crippen LogP contribution in [0.4, 0.5) is 4.39 Å². The summed E-state index contributed by atoms with van der Waals surface area (Å²) in [5.41, 5.74) is 7.79. The molecule has 1 nitrogen and oxygen atoms in total. The van der Waals surface area contributed by atoms with Crippen LogP contribution in [-0.4, -0.2) is 0 Å². The molecule has 1 aromatic rings. The van der Waals surface area contributed by atoms with E-state index in [2.05, 4.69) is 22.0 Å². The molecule has 1 unspecified atom stereocenters. The van der Waals surface area contributed by atoms with Crippen LogP contribution in [0, 0.1) is 5.82 Å². The van der Waals surface area contributed by atoms with Crippen LogP contribution in [0.25, 0.3) is 0 Å². The minimum absolute atomic E-state index is 0.232. The average Bonchev–Trinajstić information content (AvgIpc) is 2.69. The number of benzene rings is 1. The van der Waals surface area contributed by atoms with E-state index in [0.29, 0.717) is 5.56 Å². The minimum Gasteiger partial charge on any atom is -0.320 e. The molecular formula is C12H13BrFN. The van der Waals surface area contributed by atoms with Crippen molar-refractivity contribution >= 4 is 15.9 Å². The first kappa shape index (κ1) is 10.8. The first-order valence-electron chi connectivity index (χ1n) is 5.08. The van der Waals surface area contributed by atoms with Crippen molar-refractivity contribution in [1.29, 1.82) is 0 Å². The predicted octanol–water partition coefficient (Wildman–Crippen LogP) is 3.70. The molecule has 0 heterocycles. The summed E-state index contributed by atoms with van der Waals surface area (Å²) in [6.45, 7) is 0. The van der Waals surface area contributed by atoms with Crippen LogP contribution in [0.5, 0.6) is 0 Å². The van der Waals surface area contributed by atoms with Gasteiger partial charge in [-0.2, -0.15) is 0 Å². The van der Waals surface area contributed by atoms with Crippen molar-refractivity contribution in [3.63, 3.8) is 0 Å². The van der Waals surface area contributed by atoms with E-state index in [-0.39, 0.29) is 11.9 Å². The zero-order chi connectivity index (χ0) is 10.8. The van der Waals surface area contributed by atoms with Crippen LogP contribution in [0.3, 0.4) is 0 Å². The summed E-state index contributed by atoms with van der Waals surface area (Å²) in [6.07, 6.45) is 5.32. The van der Waals surface area contributed by atoms with Gasteiger partial charge in [0, 0.05) is 10.0 Å². The number of hydrogen-bond donors (Lipinski definition) is 1. The molecule has 1 aliphatic rings. The van der Waals surface area contributed by atoms with Gasteiger partial charge in [0.25, 0.3) is 0 Å². The third-order valence-electron chi connectivity index (χ3n) is 2.79. The smallest absolute Gasteiger partial charge is 0.129 e. The van der Waals surface area contributed by atoms with E-state index in [9.17, 15) is 4.39 Å². The fourth-order valence-electron chi connectivity index (χ4n) is 1.97. The molecule has 1 aliphatic carbocycles. The van der Waals surface area contributed by atoms with Gasteiger partial charge in [0.2, 0.25) is 0 Å². The van der Waals surface area contributed by atoms with Crippen molar-refractivity contribution in [3.05, 3.63) is 45.7 Å². The number of rotatable bonds is 2. The summed E-state index contributed by atoms with van der Waals surface area (Å²) in [5, 5.41) is 0. The van der Waals surface area contributed by atoms with Gasteiger partial charge in [0.05, 0.1) is 6.04 Å². The van der Waals surface area contributed by atoms with Gasteiger partial charge in [-0.1, -0.05) is 33.6 Å². The standard InChI is InChI=1S/C12H13BrFN/c13-9-6-3-7-10(14)11(9)12(15)8-4-1-2-5-8/h3-4,6-7,12H,1-2,5,15H2. The molecule has 0 radical (unpaired) electrons. The Hall–Kier alpha value is -0.670. The van der Waals surface area contributed by atoms with E-state index in [1.807, 2.05) is 6.07 Å². The summed E-state index contributed by atoms with van der Waals surface area (Å²) >= 11 is 3.35. The van der Waals surface area contributed by atoms with Crippen molar-refractivity contribution in [2.45, 2.75) is 25.3 Å². The van der Waals surface area contributed by atoms with E-state index in [0.717, 1.165) is 29.3 Å². The maximum Gasteiger partial charge on any atom is 0.129 e. The lowest BCUT2D eigenvalue weighted by molar-refractivity contribution is 0.593. The molecule has 15 heavy (non-hydrogen) atoms. The Morgan fingerprint density at radius 1 is 1.40 bits per heavy atom. The molecule has 0 aliphatic heterocycles. The van der Waals surface area contributed by atoms with E-state index in [4.69, 9.17) is 5.73 Å². The Bertz CT molecular complexity index is 380. The van der Waals surface area contributed by atoms with Crippen LogP contribution >= 0.6 is 15.9 Å². The average molecular weight is 270 g/mol. The molecule has 0 bridgehead atoms. The van der Waals surface area contributed by atoms with Crippen LogP contribution in [0.15, 0.2) is 34.3 Å². The van der Waals surface area contributed by atoms with Crippen molar-refractivity contribution in [2.75, 3.05) is 0 Å². The quantitative estimate of drug-likeness (QED) is 0.815. The minimum atomic E-state index is -0.303. The fraction of sp³-hybridized carbons (Fsp3) is 0.333. The second-order valence-electron chi connectivity index (χ2n) is 3.78. The molecule has 80 valence electrons. The lowest BCUT2D eigenvalue weighted by Gasteiger charge is -2.16. The fourth-order valence-corrected chi connectivity index (χ4v) is 2.56. The van der Waals surface area contributed by atoms with Gasteiger partial charge in [-0.05, 0) is 31.4 Å². The Morgan fingerprint density at radius 2 is 2.20 bits per heavy atom. The Balaban J connectivity index is 2.36. The summed E-state index contributed by atoms with van der Waals surface area (Å²) in [4.78, 5) is 0. The Kier molecular flexibility index (Phi) is 3.22. The van der Waals surface area contributed by atoms with Crippen LogP contribution < -0.4 is 5.73 Å². The summed E-state index contributed by atoms with van der Waals surface area (Å²) in [7, 11) is 0. The molecule has 0 saturated carbocycles. The molecule has 0 spiro atoms. The largest absolute Gasteiger partial charge is 0.320 e. The van der Waals surface area contributed by atoms with Crippen molar-refractivity contribution in [3.8, 4) is 0 Å². The summed E-state index contributed by atoms with van der Waals surface area (Å²) in [6, 6.07) is 4.66. The van der Waals surface area contributed by atoms with Crippen LogP contribution in [0.1, 0.15) is 30.9 Å². The molecular weight excluding hydrogens is 257 g/mol. The normalized spacial score (nSPS) is 17.7. The highest BCUT2D eigenvalue weighted by Gasteiger charge is 2.20. The molecule has 1 atom stereocenters. The zero-order valence-corrected chi connectivity index (χ0v) is 9.93. The SMILES string of the molecule is NC(C1=CCCC1)c1c(F)cccc1Br. The molecule has 3 heteroatoms. The van der Waals surface area contributed by atoms with Crippen molar-refractivity contribution in [2.24, 2.45) is 5.73 Å². The highest BCUT2D eigenvalue weighted by Crippen LogP contribution is 2.33. The van der Waals surface area contributed by atoms with E-state index < -0.39 is 0 Å². The lowest BCUT2D eigenvalue weighted by Crippen LogP contribution is -2.14. The van der Waals surface area contributed by atoms with Gasteiger partial charge in [-0.25, -0.2) is 4.39 Å². The number of nitrogens with two attached hydrogens (primary N) is 1. The van der Waals surface area contributed by atoms with Crippen molar-refractivity contribution in [1.82, 2.24) is 0 Å². The predicted molar refractivity (Wildman–Crippen MR) is 63.0 cm³/mol. The third kappa shape index (κ3) is 2.13. The van der Waals surface area contributed by atoms with E-state index >= 15 is 0 Å². The van der Waals surface area contributed by atoms with E-state index in [1.165, 1.54) is 6.07 Å². The third-order valence-corrected chi connectivity index (χ3v) is 3.48. The highest BCUT2D eigenvalue weighted by molar-refractivity contribution is 9.10. The zero-order valence-electron chi connectivity index (χ0n) is 8.34. The molecule has 0 saturated heterocycles. The number of allylic oxidation sites excluding steroid dienone is 1. The molecule has 2 rings (SSSR count). The second-order valence-corrected chi connectivity index (χ2v) is 4.64. The van der Waals surface area contributed by atoms with E-state index in [1.54, 1.807) is 6.07 Å². The summed E-state index contributed by atoms with van der Waals surface area (Å²) < 4.78 is 14.4. The lowest BCUT2D eigenvalue weighted by atomic mass is 9.99. The molecule has 0 fully saturated rings. The molecule has 0 amide bonds. The highest BCUT2D eigenvalue weighted by atomic mass is 79.9. The van der Waals surface area contributed by atoms with Gasteiger partial charge in [-0.15, -0.1) is 0 Å². The molecule has 2 N–H and O–H groups in total. The maximum atomic E-state index is 13.6. The van der Waals surface area contributed by atoms with Gasteiger partial charge >= 0.3 is 0 Å². The van der Waals surface area contributed by atoms with Gasteiger partial charge < -0.3 is 5.73 Å². The Labute approximate surface area is 97.3 Å². The number of hydrogen-bond acceptors (Lipinski definition) is 1. The first-order chi connectivity index (χ1) is 7.20. The van der Waals surface area contributed by atoms with Crippen molar-refractivity contribution < 1.29 is 4.39 Å². The first-order valence-corrected chi connectivity index (χ1v) is 5.88. The van der Waals surface area contributed by atoms with Gasteiger partial charge in [-0.3, -0.25) is 0 Å². The molecule has 0 aromatic heterocycles. The Morgan fingerprint density at radius 3 is 2.80 bits per heavy atom.